The molecular weight excluding hydrogens is 351 g/mol. The molecule has 138 valence electrons. The Morgan fingerprint density at radius 2 is 1.96 bits per heavy atom. The molecule has 0 unspecified atom stereocenters. The molecular formula is C20H23FN2O2S. The fraction of sp³-hybridized carbons (Fsp3) is 0.350. The van der Waals surface area contributed by atoms with Gasteiger partial charge in [0.2, 0.25) is 0 Å². The molecule has 4 nitrogen and oxygen atoms in total. The first-order valence-corrected chi connectivity index (χ1v) is 9.04. The highest BCUT2D eigenvalue weighted by molar-refractivity contribution is 7.80. The predicted molar refractivity (Wildman–Crippen MR) is 104 cm³/mol. The van der Waals surface area contributed by atoms with Crippen molar-refractivity contribution in [2.24, 2.45) is 0 Å². The van der Waals surface area contributed by atoms with Crippen LogP contribution >= 0.6 is 12.2 Å². The number of benzene rings is 2. The van der Waals surface area contributed by atoms with Crippen molar-refractivity contribution >= 4 is 17.3 Å². The van der Waals surface area contributed by atoms with Gasteiger partial charge in [-0.1, -0.05) is 12.1 Å². The summed E-state index contributed by atoms with van der Waals surface area (Å²) in [4.78, 5) is 2.19. The molecule has 2 aromatic rings. The van der Waals surface area contributed by atoms with Crippen LogP contribution in [0.15, 0.2) is 42.5 Å². The van der Waals surface area contributed by atoms with Crippen LogP contribution in [0, 0.1) is 5.82 Å². The van der Waals surface area contributed by atoms with Gasteiger partial charge in [0, 0.05) is 18.7 Å². The summed E-state index contributed by atoms with van der Waals surface area (Å²) in [7, 11) is 3.34. The van der Waals surface area contributed by atoms with E-state index < -0.39 is 0 Å². The second-order valence-corrected chi connectivity index (χ2v) is 6.63. The number of hydrogen-bond acceptors (Lipinski definition) is 3. The minimum Gasteiger partial charge on any atom is -0.497 e. The normalized spacial score (nSPS) is 16.4. The molecule has 0 spiro atoms. The van der Waals surface area contributed by atoms with Crippen LogP contribution in [0.1, 0.15) is 30.0 Å². The van der Waals surface area contributed by atoms with Gasteiger partial charge in [0.05, 0.1) is 20.3 Å². The van der Waals surface area contributed by atoms with Crippen molar-refractivity contribution < 1.29 is 13.9 Å². The van der Waals surface area contributed by atoms with Gasteiger partial charge in [-0.15, -0.1) is 0 Å². The number of rotatable bonds is 5. The number of nitrogens with zero attached hydrogens (tertiary/aromatic N) is 1. The second kappa shape index (κ2) is 8.36. The summed E-state index contributed by atoms with van der Waals surface area (Å²) < 4.78 is 23.9. The number of likely N-dealkylation sites (tertiary alicyclic amines) is 1. The van der Waals surface area contributed by atoms with E-state index in [2.05, 4.69) is 10.2 Å². The third-order valence-electron chi connectivity index (χ3n) is 4.67. The van der Waals surface area contributed by atoms with Crippen LogP contribution in [0.25, 0.3) is 0 Å². The molecule has 0 aromatic heterocycles. The van der Waals surface area contributed by atoms with Crippen molar-refractivity contribution in [1.82, 2.24) is 10.2 Å². The largest absolute Gasteiger partial charge is 0.497 e. The Hall–Kier alpha value is -2.34. The van der Waals surface area contributed by atoms with E-state index in [1.807, 2.05) is 18.2 Å². The molecule has 1 aliphatic heterocycles. The average Bonchev–Trinajstić information content (AvgIpc) is 3.16. The lowest BCUT2D eigenvalue weighted by Crippen LogP contribution is -2.39. The molecule has 2 aromatic carbocycles. The predicted octanol–water partition coefficient (Wildman–Crippen LogP) is 4.05. The molecule has 0 saturated carbocycles. The van der Waals surface area contributed by atoms with Crippen LogP contribution < -0.4 is 14.8 Å². The molecule has 1 N–H and O–H groups in total. The first-order valence-electron chi connectivity index (χ1n) is 8.63. The lowest BCUT2D eigenvalue weighted by Gasteiger charge is -2.29. The van der Waals surface area contributed by atoms with Gasteiger partial charge in [-0.05, 0) is 61.0 Å². The maximum Gasteiger partial charge on any atom is 0.169 e. The van der Waals surface area contributed by atoms with E-state index in [-0.39, 0.29) is 11.9 Å². The van der Waals surface area contributed by atoms with E-state index in [9.17, 15) is 4.39 Å². The number of methoxy groups -OCH3 is 2. The highest BCUT2D eigenvalue weighted by atomic mass is 32.1. The summed E-state index contributed by atoms with van der Waals surface area (Å²) in [6, 6.07) is 12.4. The third-order valence-corrected chi connectivity index (χ3v) is 5.05. The van der Waals surface area contributed by atoms with Gasteiger partial charge in [0.15, 0.2) is 5.11 Å². The first-order chi connectivity index (χ1) is 12.6. The van der Waals surface area contributed by atoms with E-state index in [0.717, 1.165) is 42.0 Å². The molecule has 0 radical (unpaired) electrons. The van der Waals surface area contributed by atoms with Crippen molar-refractivity contribution in [1.29, 1.82) is 0 Å². The minimum atomic E-state index is -0.235. The zero-order valence-electron chi connectivity index (χ0n) is 15.0. The average molecular weight is 374 g/mol. The number of halogens is 1. The Labute approximate surface area is 158 Å². The number of ether oxygens (including phenoxy) is 2. The Balaban J connectivity index is 1.73. The summed E-state index contributed by atoms with van der Waals surface area (Å²) in [6.45, 7) is 1.46. The van der Waals surface area contributed by atoms with Gasteiger partial charge >= 0.3 is 0 Å². The molecule has 1 aliphatic rings. The number of nitrogens with one attached hydrogen (secondary N) is 1. The Kier molecular flexibility index (Phi) is 5.93. The molecule has 26 heavy (non-hydrogen) atoms. The molecule has 0 amide bonds. The first kappa shape index (κ1) is 18.5. The Morgan fingerprint density at radius 1 is 1.19 bits per heavy atom. The highest BCUT2D eigenvalue weighted by Gasteiger charge is 2.30. The van der Waals surface area contributed by atoms with Crippen molar-refractivity contribution in [3.8, 4) is 11.5 Å². The van der Waals surface area contributed by atoms with Crippen molar-refractivity contribution in [2.45, 2.75) is 25.4 Å². The lowest BCUT2D eigenvalue weighted by molar-refractivity contribution is 0.357. The Morgan fingerprint density at radius 3 is 2.65 bits per heavy atom. The van der Waals surface area contributed by atoms with Gasteiger partial charge in [0.25, 0.3) is 0 Å². The fourth-order valence-corrected chi connectivity index (χ4v) is 3.61. The lowest BCUT2D eigenvalue weighted by atomic mass is 10.0. The summed E-state index contributed by atoms with van der Waals surface area (Å²) in [6.07, 6.45) is 2.06. The van der Waals surface area contributed by atoms with Crippen molar-refractivity contribution in [3.05, 3.63) is 59.4 Å². The fourth-order valence-electron chi connectivity index (χ4n) is 3.31. The van der Waals surface area contributed by atoms with Crippen LogP contribution in [0.5, 0.6) is 11.5 Å². The summed E-state index contributed by atoms with van der Waals surface area (Å²) in [5, 5.41) is 3.99. The molecule has 1 heterocycles. The maximum atomic E-state index is 13.0. The summed E-state index contributed by atoms with van der Waals surface area (Å²) in [5.41, 5.74) is 2.07. The van der Waals surface area contributed by atoms with Gasteiger partial charge < -0.3 is 19.7 Å². The number of thiocarbonyl (C=S) groups is 1. The smallest absolute Gasteiger partial charge is 0.169 e. The monoisotopic (exact) mass is 374 g/mol. The highest BCUT2D eigenvalue weighted by Crippen LogP contribution is 2.38. The SMILES string of the molecule is COc1ccc(OC)c([C@@H]2CCCN2C(=S)NCc2ccc(F)cc2)c1. The molecule has 1 atom stereocenters. The standard InChI is InChI=1S/C20H23FN2O2S/c1-24-16-9-10-19(25-2)17(12-16)18-4-3-11-23(18)20(26)22-13-14-5-7-15(21)8-6-14/h5-10,12,18H,3-4,11,13H2,1-2H3,(H,22,26)/t18-/m0/s1. The Bertz CT molecular complexity index is 767. The zero-order chi connectivity index (χ0) is 18.5. The topological polar surface area (TPSA) is 33.7 Å². The van der Waals surface area contributed by atoms with Crippen LogP contribution in [0.3, 0.4) is 0 Å². The molecule has 1 fully saturated rings. The zero-order valence-corrected chi connectivity index (χ0v) is 15.8. The third kappa shape index (κ3) is 4.07. The van der Waals surface area contributed by atoms with Crippen LogP contribution in [0.4, 0.5) is 4.39 Å². The van der Waals surface area contributed by atoms with E-state index in [1.165, 1.54) is 12.1 Å². The minimum absolute atomic E-state index is 0.147. The maximum absolute atomic E-state index is 13.0. The van der Waals surface area contributed by atoms with E-state index in [4.69, 9.17) is 21.7 Å². The summed E-state index contributed by atoms with van der Waals surface area (Å²) in [5.74, 6) is 1.41. The van der Waals surface area contributed by atoms with Crippen LogP contribution in [-0.2, 0) is 6.54 Å². The van der Waals surface area contributed by atoms with E-state index in [1.54, 1.807) is 26.4 Å². The molecule has 0 aliphatic carbocycles. The van der Waals surface area contributed by atoms with Gasteiger partial charge in [0.1, 0.15) is 17.3 Å². The summed E-state index contributed by atoms with van der Waals surface area (Å²) >= 11 is 5.63. The van der Waals surface area contributed by atoms with Crippen LogP contribution in [0.2, 0.25) is 0 Å². The van der Waals surface area contributed by atoms with Crippen molar-refractivity contribution in [3.63, 3.8) is 0 Å². The van der Waals surface area contributed by atoms with Crippen LogP contribution in [-0.4, -0.2) is 30.8 Å². The quantitative estimate of drug-likeness (QED) is 0.799. The number of hydrogen-bond donors (Lipinski definition) is 1. The van der Waals surface area contributed by atoms with Crippen molar-refractivity contribution in [2.75, 3.05) is 20.8 Å². The van der Waals surface area contributed by atoms with E-state index >= 15 is 0 Å². The van der Waals surface area contributed by atoms with E-state index in [0.29, 0.717) is 11.7 Å². The molecule has 6 heteroatoms. The second-order valence-electron chi connectivity index (χ2n) is 6.24. The van der Waals surface area contributed by atoms with Gasteiger partial charge in [-0.2, -0.15) is 0 Å². The van der Waals surface area contributed by atoms with Gasteiger partial charge in [-0.3, -0.25) is 0 Å². The van der Waals surface area contributed by atoms with Gasteiger partial charge in [-0.25, -0.2) is 4.39 Å². The molecule has 3 rings (SSSR count). The molecule has 1 saturated heterocycles. The molecule has 0 bridgehead atoms.